The Kier molecular flexibility index (Phi) is 5.35. The van der Waals surface area contributed by atoms with Gasteiger partial charge in [0.1, 0.15) is 5.75 Å². The maximum Gasteiger partial charge on any atom is 0.422 e. The lowest BCUT2D eigenvalue weighted by Crippen LogP contribution is -2.38. The van der Waals surface area contributed by atoms with Crippen LogP contribution >= 0.6 is 0 Å². The highest BCUT2D eigenvalue weighted by molar-refractivity contribution is 5.91. The van der Waals surface area contributed by atoms with Crippen molar-refractivity contribution in [3.63, 3.8) is 0 Å². The SMILES string of the molecule is Cc1c(NC(=O)N(CCO)C2CC2)cccc1OCC(F)(F)F. The van der Waals surface area contributed by atoms with Crippen LogP contribution in [0.1, 0.15) is 18.4 Å². The summed E-state index contributed by atoms with van der Waals surface area (Å²) in [5.74, 6) is 0.0697. The second kappa shape index (κ2) is 7.08. The van der Waals surface area contributed by atoms with Crippen molar-refractivity contribution in [2.75, 3.05) is 25.1 Å². The standard InChI is InChI=1S/C15H19F3N2O3/c1-10-12(3-2-4-13(10)23-9-15(16,17)18)19-14(22)20(7-8-21)11-5-6-11/h2-4,11,21H,5-9H2,1H3,(H,19,22). The van der Waals surface area contributed by atoms with E-state index >= 15 is 0 Å². The minimum Gasteiger partial charge on any atom is -0.484 e. The lowest BCUT2D eigenvalue weighted by molar-refractivity contribution is -0.153. The number of ether oxygens (including phenoxy) is 1. The first-order chi connectivity index (χ1) is 10.8. The normalized spacial score (nSPS) is 14.5. The highest BCUT2D eigenvalue weighted by atomic mass is 19.4. The van der Waals surface area contributed by atoms with E-state index in [1.165, 1.54) is 17.0 Å². The zero-order chi connectivity index (χ0) is 17.0. The fourth-order valence-corrected chi connectivity index (χ4v) is 2.20. The summed E-state index contributed by atoms with van der Waals surface area (Å²) in [4.78, 5) is 13.8. The molecule has 2 amide bonds. The van der Waals surface area contributed by atoms with Crippen molar-refractivity contribution in [1.29, 1.82) is 0 Å². The Bertz CT molecular complexity index is 559. The number of halogens is 3. The molecule has 0 aromatic heterocycles. The second-order valence-corrected chi connectivity index (χ2v) is 5.41. The van der Waals surface area contributed by atoms with E-state index in [2.05, 4.69) is 5.32 Å². The van der Waals surface area contributed by atoms with Crippen molar-refractivity contribution in [3.05, 3.63) is 23.8 Å². The van der Waals surface area contributed by atoms with Crippen LogP contribution in [0.4, 0.5) is 23.7 Å². The van der Waals surface area contributed by atoms with E-state index in [0.29, 0.717) is 11.3 Å². The van der Waals surface area contributed by atoms with Gasteiger partial charge >= 0.3 is 12.2 Å². The smallest absolute Gasteiger partial charge is 0.422 e. The number of nitrogens with zero attached hydrogens (tertiary/aromatic N) is 1. The summed E-state index contributed by atoms with van der Waals surface area (Å²) in [6.07, 6.45) is -2.64. The lowest BCUT2D eigenvalue weighted by atomic mass is 10.2. The van der Waals surface area contributed by atoms with E-state index < -0.39 is 12.8 Å². The van der Waals surface area contributed by atoms with Crippen LogP contribution in [-0.4, -0.2) is 48.0 Å². The van der Waals surface area contributed by atoms with Gasteiger partial charge in [-0.2, -0.15) is 13.2 Å². The molecule has 23 heavy (non-hydrogen) atoms. The third-order valence-electron chi connectivity index (χ3n) is 3.51. The summed E-state index contributed by atoms with van der Waals surface area (Å²) >= 11 is 0. The van der Waals surface area contributed by atoms with Gasteiger partial charge in [-0.1, -0.05) is 6.07 Å². The number of aliphatic hydroxyl groups is 1. The molecule has 0 unspecified atom stereocenters. The number of urea groups is 1. The topological polar surface area (TPSA) is 61.8 Å². The second-order valence-electron chi connectivity index (χ2n) is 5.41. The van der Waals surface area contributed by atoms with E-state index in [-0.39, 0.29) is 31.0 Å². The van der Waals surface area contributed by atoms with Crippen LogP contribution in [0.15, 0.2) is 18.2 Å². The van der Waals surface area contributed by atoms with Gasteiger partial charge in [-0.05, 0) is 31.9 Å². The zero-order valence-corrected chi connectivity index (χ0v) is 12.7. The molecule has 1 fully saturated rings. The maximum absolute atomic E-state index is 12.2. The van der Waals surface area contributed by atoms with Crippen molar-refractivity contribution in [2.45, 2.75) is 32.0 Å². The lowest BCUT2D eigenvalue weighted by Gasteiger charge is -2.23. The van der Waals surface area contributed by atoms with Crippen molar-refractivity contribution >= 4 is 11.7 Å². The number of amides is 2. The quantitative estimate of drug-likeness (QED) is 0.842. The van der Waals surface area contributed by atoms with Gasteiger partial charge in [0.25, 0.3) is 0 Å². The molecule has 0 heterocycles. The molecule has 0 bridgehead atoms. The molecule has 1 aliphatic carbocycles. The molecule has 2 rings (SSSR count). The van der Waals surface area contributed by atoms with Crippen LogP contribution in [0.5, 0.6) is 5.75 Å². The van der Waals surface area contributed by atoms with Crippen molar-refractivity contribution in [3.8, 4) is 5.75 Å². The Hall–Kier alpha value is -1.96. The fraction of sp³-hybridized carbons (Fsp3) is 0.533. The third-order valence-corrected chi connectivity index (χ3v) is 3.51. The molecule has 0 spiro atoms. The minimum absolute atomic E-state index is 0.0697. The van der Waals surface area contributed by atoms with E-state index in [0.717, 1.165) is 12.8 Å². The first-order valence-corrected chi connectivity index (χ1v) is 7.29. The number of hydrogen-bond acceptors (Lipinski definition) is 3. The molecule has 0 atom stereocenters. The molecule has 5 nitrogen and oxygen atoms in total. The number of carbonyl (C=O) groups excluding carboxylic acids is 1. The van der Waals surface area contributed by atoms with Crippen LogP contribution in [0.3, 0.4) is 0 Å². The number of aliphatic hydroxyl groups excluding tert-OH is 1. The number of nitrogens with one attached hydrogen (secondary N) is 1. The van der Waals surface area contributed by atoms with Crippen molar-refractivity contribution in [1.82, 2.24) is 4.90 Å². The molecule has 2 N–H and O–H groups in total. The van der Waals surface area contributed by atoms with Crippen molar-refractivity contribution < 1.29 is 27.8 Å². The number of rotatable bonds is 6. The molecule has 0 saturated heterocycles. The minimum atomic E-state index is -4.42. The Morgan fingerprint density at radius 1 is 1.43 bits per heavy atom. The van der Waals surface area contributed by atoms with Gasteiger partial charge in [-0.3, -0.25) is 0 Å². The highest BCUT2D eigenvalue weighted by Crippen LogP contribution is 2.30. The van der Waals surface area contributed by atoms with Crippen LogP contribution in [0.2, 0.25) is 0 Å². The number of benzene rings is 1. The van der Waals surface area contributed by atoms with Crippen LogP contribution < -0.4 is 10.1 Å². The van der Waals surface area contributed by atoms with Gasteiger partial charge in [0.05, 0.1) is 6.61 Å². The van der Waals surface area contributed by atoms with Crippen LogP contribution in [0, 0.1) is 6.92 Å². The summed E-state index contributed by atoms with van der Waals surface area (Å²) in [6, 6.07) is 4.27. The molecule has 0 aliphatic heterocycles. The van der Waals surface area contributed by atoms with E-state index in [9.17, 15) is 18.0 Å². The first kappa shape index (κ1) is 17.4. The van der Waals surface area contributed by atoms with E-state index in [4.69, 9.17) is 9.84 Å². The van der Waals surface area contributed by atoms with Crippen LogP contribution in [0.25, 0.3) is 0 Å². The van der Waals surface area contributed by atoms with Gasteiger partial charge in [0.15, 0.2) is 6.61 Å². The maximum atomic E-state index is 12.2. The number of alkyl halides is 3. The molecule has 8 heteroatoms. The van der Waals surface area contributed by atoms with E-state index in [1.807, 2.05) is 0 Å². The summed E-state index contributed by atoms with van der Waals surface area (Å²) in [7, 11) is 0. The van der Waals surface area contributed by atoms with Gasteiger partial charge < -0.3 is 20.1 Å². The summed E-state index contributed by atoms with van der Waals surface area (Å²) in [6.45, 7) is 0.274. The van der Waals surface area contributed by atoms with Gasteiger partial charge in [-0.15, -0.1) is 0 Å². The molecule has 1 saturated carbocycles. The number of carbonyl (C=O) groups is 1. The fourth-order valence-electron chi connectivity index (χ4n) is 2.20. The summed E-state index contributed by atoms with van der Waals surface area (Å²) < 4.78 is 41.5. The Morgan fingerprint density at radius 2 is 2.13 bits per heavy atom. The Morgan fingerprint density at radius 3 is 2.70 bits per heavy atom. The average Bonchev–Trinajstić information content (AvgIpc) is 3.29. The zero-order valence-electron chi connectivity index (χ0n) is 12.7. The largest absolute Gasteiger partial charge is 0.484 e. The number of hydrogen-bond donors (Lipinski definition) is 2. The Labute approximate surface area is 132 Å². The van der Waals surface area contributed by atoms with Gasteiger partial charge in [0.2, 0.25) is 0 Å². The molecule has 1 aliphatic rings. The molecular weight excluding hydrogens is 313 g/mol. The van der Waals surface area contributed by atoms with Crippen LogP contribution in [-0.2, 0) is 0 Å². The first-order valence-electron chi connectivity index (χ1n) is 7.29. The van der Waals surface area contributed by atoms with E-state index in [1.54, 1.807) is 13.0 Å². The summed E-state index contributed by atoms with van der Waals surface area (Å²) in [5.41, 5.74) is 0.808. The molecule has 128 valence electrons. The predicted octanol–water partition coefficient (Wildman–Crippen LogP) is 2.92. The van der Waals surface area contributed by atoms with Crippen molar-refractivity contribution in [2.24, 2.45) is 0 Å². The Balaban J connectivity index is 2.06. The monoisotopic (exact) mass is 332 g/mol. The summed E-state index contributed by atoms with van der Waals surface area (Å²) in [5, 5.41) is 11.7. The average molecular weight is 332 g/mol. The van der Waals surface area contributed by atoms with Gasteiger partial charge in [-0.25, -0.2) is 4.79 Å². The molecule has 1 aromatic rings. The number of anilines is 1. The highest BCUT2D eigenvalue weighted by Gasteiger charge is 2.32. The molecule has 0 radical (unpaired) electrons. The molecular formula is C15H19F3N2O3. The predicted molar refractivity (Wildman–Crippen MR) is 78.6 cm³/mol. The molecule has 1 aromatic carbocycles. The van der Waals surface area contributed by atoms with Gasteiger partial charge in [0, 0.05) is 23.8 Å². The third kappa shape index (κ3) is 5.02.